The number of nitrogens with zero attached hydrogens (tertiary/aromatic N) is 2. The Morgan fingerprint density at radius 1 is 1.35 bits per heavy atom. The lowest BCUT2D eigenvalue weighted by Gasteiger charge is -2.46. The summed E-state index contributed by atoms with van der Waals surface area (Å²) >= 11 is 0. The molecule has 0 amide bonds. The fourth-order valence-corrected chi connectivity index (χ4v) is 4.77. The average Bonchev–Trinajstić information content (AvgIpc) is 2.42. The van der Waals surface area contributed by atoms with Crippen molar-refractivity contribution in [1.82, 2.24) is 9.88 Å². The Bertz CT molecular complexity index is 476. The highest BCUT2D eigenvalue weighted by Crippen LogP contribution is 2.40. The smallest absolute Gasteiger partial charge is 0.213 e. The van der Waals surface area contributed by atoms with E-state index < -0.39 is 10.8 Å². The second-order valence-corrected chi connectivity index (χ2v) is 7.19. The van der Waals surface area contributed by atoms with Crippen LogP contribution in [0.5, 0.6) is 5.88 Å². The van der Waals surface area contributed by atoms with Crippen molar-refractivity contribution < 1.29 is 13.3 Å². The molecule has 0 aliphatic carbocycles. The maximum absolute atomic E-state index is 12.7. The van der Waals surface area contributed by atoms with Gasteiger partial charge in [0.2, 0.25) is 5.88 Å². The van der Waals surface area contributed by atoms with Crippen molar-refractivity contribution in [3.63, 3.8) is 0 Å². The van der Waals surface area contributed by atoms with Crippen molar-refractivity contribution in [3.05, 3.63) is 24.1 Å². The van der Waals surface area contributed by atoms with Gasteiger partial charge in [-0.05, 0) is 37.4 Å². The van der Waals surface area contributed by atoms with Gasteiger partial charge in [0.1, 0.15) is 12.4 Å². The summed E-state index contributed by atoms with van der Waals surface area (Å²) in [5.41, 5.74) is 0.376. The lowest BCUT2D eigenvalue weighted by atomic mass is 9.81. The van der Waals surface area contributed by atoms with Gasteiger partial charge in [-0.3, -0.25) is 9.11 Å². The Balaban J connectivity index is 1.38. The molecule has 0 bridgehead atoms. The quantitative estimate of drug-likeness (QED) is 0.844. The Labute approximate surface area is 120 Å². The van der Waals surface area contributed by atoms with E-state index in [9.17, 15) is 8.60 Å². The predicted molar refractivity (Wildman–Crippen MR) is 75.7 cm³/mol. The van der Waals surface area contributed by atoms with Crippen LogP contribution in [0.1, 0.15) is 12.8 Å². The fraction of sp³-hybridized carbons (Fsp3) is 0.643. The molecule has 3 heterocycles. The van der Waals surface area contributed by atoms with Crippen molar-refractivity contribution in [1.29, 1.82) is 0 Å². The summed E-state index contributed by atoms with van der Waals surface area (Å²) in [6.45, 7) is 3.53. The third kappa shape index (κ3) is 3.17. The molecule has 1 aromatic rings. The van der Waals surface area contributed by atoms with Gasteiger partial charge in [-0.25, -0.2) is 9.37 Å². The molecule has 2 fully saturated rings. The molecule has 1 aromatic heterocycles. The van der Waals surface area contributed by atoms with Gasteiger partial charge in [0.05, 0.1) is 6.20 Å². The minimum absolute atomic E-state index is 0.350. The van der Waals surface area contributed by atoms with E-state index in [4.69, 9.17) is 4.74 Å². The zero-order chi connectivity index (χ0) is 14.0. The number of likely N-dealkylation sites (tertiary alicyclic amines) is 1. The first kappa shape index (κ1) is 13.9. The van der Waals surface area contributed by atoms with Crippen LogP contribution in [0.2, 0.25) is 0 Å². The van der Waals surface area contributed by atoms with Crippen molar-refractivity contribution >= 4 is 10.8 Å². The van der Waals surface area contributed by atoms with Crippen molar-refractivity contribution in [2.24, 2.45) is 5.41 Å². The summed E-state index contributed by atoms with van der Waals surface area (Å²) in [4.78, 5) is 6.24. The monoisotopic (exact) mass is 298 g/mol. The first-order valence-corrected chi connectivity index (χ1v) is 8.46. The number of pyridine rings is 1. The molecule has 2 aliphatic heterocycles. The Morgan fingerprint density at radius 3 is 2.70 bits per heavy atom. The Kier molecular flexibility index (Phi) is 4.03. The molecule has 0 atom stereocenters. The van der Waals surface area contributed by atoms with Crippen LogP contribution >= 0.6 is 0 Å². The van der Waals surface area contributed by atoms with Gasteiger partial charge in [0.15, 0.2) is 0 Å². The predicted octanol–water partition coefficient (Wildman–Crippen LogP) is 1.44. The summed E-state index contributed by atoms with van der Waals surface area (Å²) in [5, 5.41) is 0. The Hall–Kier alpha value is -1.01. The highest BCUT2D eigenvalue weighted by Gasteiger charge is 2.44. The topological polar surface area (TPSA) is 42.4 Å². The van der Waals surface area contributed by atoms with Gasteiger partial charge >= 0.3 is 0 Å². The molecular weight excluding hydrogens is 279 g/mol. The van der Waals surface area contributed by atoms with Crippen LogP contribution < -0.4 is 4.74 Å². The molecule has 0 aromatic carbocycles. The van der Waals surface area contributed by atoms with Crippen LogP contribution in [0.15, 0.2) is 18.3 Å². The summed E-state index contributed by atoms with van der Waals surface area (Å²) in [5.74, 6) is 1.92. The fourth-order valence-electron chi connectivity index (χ4n) is 2.91. The number of ether oxygens (including phenoxy) is 1. The van der Waals surface area contributed by atoms with Crippen LogP contribution in [-0.2, 0) is 10.8 Å². The molecule has 3 rings (SSSR count). The standard InChI is InChI=1S/C14H19FN2O2S/c15-12-1-2-13(16-9-12)19-8-7-17-5-3-14(4-6-17)10-20(18)11-14/h1-2,9H,3-8,10-11H2. The van der Waals surface area contributed by atoms with E-state index in [1.54, 1.807) is 6.07 Å². The molecule has 20 heavy (non-hydrogen) atoms. The largest absolute Gasteiger partial charge is 0.476 e. The summed E-state index contributed by atoms with van der Waals surface area (Å²) in [6.07, 6.45) is 3.46. The van der Waals surface area contributed by atoms with E-state index in [1.165, 1.54) is 6.07 Å². The van der Waals surface area contributed by atoms with Crippen molar-refractivity contribution in [2.75, 3.05) is 37.7 Å². The molecule has 1 spiro atoms. The van der Waals surface area contributed by atoms with Gasteiger partial charge < -0.3 is 4.74 Å². The molecule has 2 aliphatic rings. The Morgan fingerprint density at radius 2 is 2.10 bits per heavy atom. The number of rotatable bonds is 4. The van der Waals surface area contributed by atoms with Crippen molar-refractivity contribution in [2.45, 2.75) is 12.8 Å². The molecule has 0 unspecified atom stereocenters. The molecule has 4 nitrogen and oxygen atoms in total. The summed E-state index contributed by atoms with van der Waals surface area (Å²) in [6, 6.07) is 2.90. The highest BCUT2D eigenvalue weighted by atomic mass is 32.2. The van der Waals surface area contributed by atoms with E-state index in [1.807, 2.05) is 0 Å². The number of aromatic nitrogens is 1. The molecule has 6 heteroatoms. The SMILES string of the molecule is O=S1CC2(CCN(CCOc3ccc(F)cn3)CC2)C1. The second-order valence-electron chi connectivity index (χ2n) is 5.73. The third-order valence-electron chi connectivity index (χ3n) is 4.21. The third-order valence-corrected chi connectivity index (χ3v) is 6.08. The van der Waals surface area contributed by atoms with Gasteiger partial charge in [0.25, 0.3) is 0 Å². The lowest BCUT2D eigenvalue weighted by molar-refractivity contribution is 0.112. The van der Waals surface area contributed by atoms with Gasteiger partial charge in [-0.15, -0.1) is 0 Å². The zero-order valence-corrected chi connectivity index (χ0v) is 12.2. The molecule has 0 saturated carbocycles. The number of piperidine rings is 1. The zero-order valence-electron chi connectivity index (χ0n) is 11.4. The molecular formula is C14H19FN2O2S. The normalized spacial score (nSPS) is 22.6. The minimum Gasteiger partial charge on any atom is -0.476 e. The van der Waals surface area contributed by atoms with E-state index in [-0.39, 0.29) is 5.82 Å². The first-order chi connectivity index (χ1) is 9.65. The van der Waals surface area contributed by atoms with Gasteiger partial charge in [-0.1, -0.05) is 0 Å². The number of halogens is 1. The second kappa shape index (κ2) is 5.77. The molecule has 110 valence electrons. The number of hydrogen-bond donors (Lipinski definition) is 0. The van der Waals surface area contributed by atoms with Crippen LogP contribution in [-0.4, -0.2) is 51.8 Å². The van der Waals surface area contributed by atoms with Gasteiger partial charge in [0, 0.05) is 34.9 Å². The molecule has 0 N–H and O–H groups in total. The summed E-state index contributed by atoms with van der Waals surface area (Å²) < 4.78 is 29.4. The van der Waals surface area contributed by atoms with Crippen LogP contribution in [0.4, 0.5) is 4.39 Å². The maximum atomic E-state index is 12.7. The minimum atomic E-state index is -0.554. The molecule has 0 radical (unpaired) electrons. The molecule has 2 saturated heterocycles. The van der Waals surface area contributed by atoms with E-state index in [0.717, 1.165) is 50.2 Å². The highest BCUT2D eigenvalue weighted by molar-refractivity contribution is 7.86. The lowest BCUT2D eigenvalue weighted by Crippen LogP contribution is -2.52. The number of hydrogen-bond acceptors (Lipinski definition) is 4. The first-order valence-electron chi connectivity index (χ1n) is 6.97. The van der Waals surface area contributed by atoms with Crippen LogP contribution in [0.3, 0.4) is 0 Å². The van der Waals surface area contributed by atoms with Crippen LogP contribution in [0, 0.1) is 11.2 Å². The van der Waals surface area contributed by atoms with E-state index in [2.05, 4.69) is 9.88 Å². The van der Waals surface area contributed by atoms with Crippen LogP contribution in [0.25, 0.3) is 0 Å². The van der Waals surface area contributed by atoms with Gasteiger partial charge in [-0.2, -0.15) is 0 Å². The van der Waals surface area contributed by atoms with Crippen molar-refractivity contribution in [3.8, 4) is 5.88 Å². The summed E-state index contributed by atoms with van der Waals surface area (Å²) in [7, 11) is -0.554. The van der Waals surface area contributed by atoms with E-state index in [0.29, 0.717) is 17.9 Å². The average molecular weight is 298 g/mol. The maximum Gasteiger partial charge on any atom is 0.213 e. The van der Waals surface area contributed by atoms with E-state index >= 15 is 0 Å².